The van der Waals surface area contributed by atoms with Crippen LogP contribution in [-0.2, 0) is 0 Å². The van der Waals surface area contributed by atoms with Gasteiger partial charge in [-0.15, -0.1) is 0 Å². The molecular weight excluding hydrogens is 258 g/mol. The van der Waals surface area contributed by atoms with E-state index in [1.54, 1.807) is 0 Å². The molecule has 0 spiro atoms. The van der Waals surface area contributed by atoms with Crippen molar-refractivity contribution in [3.63, 3.8) is 0 Å². The highest BCUT2D eigenvalue weighted by Gasteiger charge is 2.12. The third kappa shape index (κ3) is 3.15. The monoisotopic (exact) mass is 273 g/mol. The number of anilines is 1. The molecule has 0 heterocycles. The van der Waals surface area contributed by atoms with Gasteiger partial charge in [-0.25, -0.2) is 0 Å². The topological polar surface area (TPSA) is 20.3 Å². The van der Waals surface area contributed by atoms with E-state index in [2.05, 4.69) is 11.8 Å². The quantitative estimate of drug-likeness (QED) is 0.772. The van der Waals surface area contributed by atoms with Crippen LogP contribution < -0.4 is 4.90 Å². The Kier molecular flexibility index (Phi) is 4.23. The number of benzene rings is 2. The molecule has 98 valence electrons. The molecule has 2 aromatic rings. The Labute approximate surface area is 118 Å². The van der Waals surface area contributed by atoms with Crippen molar-refractivity contribution in [3.8, 4) is 0 Å². The molecule has 2 nitrogen and oxygen atoms in total. The molecule has 0 saturated carbocycles. The Balaban J connectivity index is 2.19. The number of halogens is 1. The first-order chi connectivity index (χ1) is 9.11. The van der Waals surface area contributed by atoms with Crippen LogP contribution in [0.5, 0.6) is 0 Å². The van der Waals surface area contributed by atoms with Crippen molar-refractivity contribution >= 4 is 23.6 Å². The number of hydrogen-bond donors (Lipinski definition) is 0. The van der Waals surface area contributed by atoms with Crippen LogP contribution in [-0.4, -0.2) is 13.3 Å². The molecule has 0 N–H and O–H groups in total. The van der Waals surface area contributed by atoms with Crippen LogP contribution >= 0.6 is 11.6 Å². The van der Waals surface area contributed by atoms with Crippen LogP contribution in [0, 0.1) is 0 Å². The highest BCUT2D eigenvalue weighted by molar-refractivity contribution is 6.30. The van der Waals surface area contributed by atoms with Crippen LogP contribution in [0.25, 0.3) is 0 Å². The molecule has 0 bridgehead atoms. The predicted octanol–water partition coefficient (Wildman–Crippen LogP) is 4.35. The summed E-state index contributed by atoms with van der Waals surface area (Å²) in [6.07, 6.45) is 0.854. The molecule has 19 heavy (non-hydrogen) atoms. The second-order valence-corrected chi connectivity index (χ2v) is 4.98. The largest absolute Gasteiger partial charge is 0.368 e. The zero-order chi connectivity index (χ0) is 13.8. The van der Waals surface area contributed by atoms with Crippen molar-refractivity contribution in [2.75, 3.05) is 11.9 Å². The minimum Gasteiger partial charge on any atom is -0.368 e. The number of nitrogens with zero attached hydrogens (tertiary/aromatic N) is 1. The molecule has 2 aromatic carbocycles. The summed E-state index contributed by atoms with van der Waals surface area (Å²) < 4.78 is 0. The molecule has 0 aliphatic carbocycles. The summed E-state index contributed by atoms with van der Waals surface area (Å²) in [5.41, 5.74) is 2.97. The SMILES string of the molecule is CC(c1ccc(Cl)cc1)N(C)c1ccc(C=O)cc1. The molecular formula is C16H16ClNO. The van der Waals surface area contributed by atoms with Crippen LogP contribution in [0.2, 0.25) is 5.02 Å². The summed E-state index contributed by atoms with van der Waals surface area (Å²) in [6.45, 7) is 2.14. The molecule has 2 rings (SSSR count). The van der Waals surface area contributed by atoms with Gasteiger partial charge >= 0.3 is 0 Å². The minimum absolute atomic E-state index is 0.236. The van der Waals surface area contributed by atoms with Crippen LogP contribution in [0.3, 0.4) is 0 Å². The number of carbonyl (C=O) groups is 1. The smallest absolute Gasteiger partial charge is 0.150 e. The van der Waals surface area contributed by atoms with E-state index in [0.717, 1.165) is 17.0 Å². The Morgan fingerprint density at radius 1 is 1.05 bits per heavy atom. The van der Waals surface area contributed by atoms with Crippen LogP contribution in [0.15, 0.2) is 48.5 Å². The third-order valence-electron chi connectivity index (χ3n) is 3.37. The predicted molar refractivity (Wildman–Crippen MR) is 80.1 cm³/mol. The summed E-state index contributed by atoms with van der Waals surface area (Å²) in [6, 6.07) is 15.7. The molecule has 1 atom stereocenters. The lowest BCUT2D eigenvalue weighted by Gasteiger charge is -2.27. The van der Waals surface area contributed by atoms with Crippen molar-refractivity contribution in [2.45, 2.75) is 13.0 Å². The lowest BCUT2D eigenvalue weighted by atomic mass is 10.1. The first kappa shape index (κ1) is 13.6. The van der Waals surface area contributed by atoms with Crippen LogP contribution in [0.1, 0.15) is 28.9 Å². The fourth-order valence-electron chi connectivity index (χ4n) is 1.98. The van der Waals surface area contributed by atoms with Gasteiger partial charge in [0, 0.05) is 23.3 Å². The van der Waals surface area contributed by atoms with Gasteiger partial charge in [0.05, 0.1) is 6.04 Å². The second-order valence-electron chi connectivity index (χ2n) is 4.55. The third-order valence-corrected chi connectivity index (χ3v) is 3.62. The highest BCUT2D eigenvalue weighted by atomic mass is 35.5. The maximum absolute atomic E-state index is 10.6. The zero-order valence-electron chi connectivity index (χ0n) is 11.0. The number of rotatable bonds is 4. The summed E-state index contributed by atoms with van der Waals surface area (Å²) >= 11 is 5.90. The van der Waals surface area contributed by atoms with Crippen molar-refractivity contribution < 1.29 is 4.79 Å². The fourth-order valence-corrected chi connectivity index (χ4v) is 2.10. The minimum atomic E-state index is 0.236. The van der Waals surface area contributed by atoms with E-state index in [4.69, 9.17) is 11.6 Å². The zero-order valence-corrected chi connectivity index (χ0v) is 11.8. The van der Waals surface area contributed by atoms with Gasteiger partial charge in [0.1, 0.15) is 6.29 Å². The highest BCUT2D eigenvalue weighted by Crippen LogP contribution is 2.26. The van der Waals surface area contributed by atoms with Gasteiger partial charge in [-0.05, 0) is 48.9 Å². The van der Waals surface area contributed by atoms with Gasteiger partial charge in [-0.1, -0.05) is 23.7 Å². The molecule has 0 fully saturated rings. The van der Waals surface area contributed by atoms with Gasteiger partial charge in [0.15, 0.2) is 0 Å². The van der Waals surface area contributed by atoms with Gasteiger partial charge in [-0.2, -0.15) is 0 Å². The summed E-state index contributed by atoms with van der Waals surface area (Å²) in [7, 11) is 2.04. The Bertz CT molecular complexity index is 548. The maximum atomic E-state index is 10.6. The van der Waals surface area contributed by atoms with E-state index in [1.165, 1.54) is 5.56 Å². The van der Waals surface area contributed by atoms with Crippen molar-refractivity contribution in [2.24, 2.45) is 0 Å². The average molecular weight is 274 g/mol. The van der Waals surface area contributed by atoms with Gasteiger partial charge in [0.25, 0.3) is 0 Å². The number of hydrogen-bond acceptors (Lipinski definition) is 2. The van der Waals surface area contributed by atoms with Crippen molar-refractivity contribution in [3.05, 3.63) is 64.7 Å². The molecule has 0 aromatic heterocycles. The van der Waals surface area contributed by atoms with Crippen molar-refractivity contribution in [1.82, 2.24) is 0 Å². The van der Waals surface area contributed by atoms with Crippen LogP contribution in [0.4, 0.5) is 5.69 Å². The van der Waals surface area contributed by atoms with E-state index in [-0.39, 0.29) is 6.04 Å². The summed E-state index contributed by atoms with van der Waals surface area (Å²) in [5, 5.41) is 0.744. The molecule has 0 amide bonds. The first-order valence-electron chi connectivity index (χ1n) is 6.15. The maximum Gasteiger partial charge on any atom is 0.150 e. The Morgan fingerprint density at radius 3 is 2.16 bits per heavy atom. The lowest BCUT2D eigenvalue weighted by Crippen LogP contribution is -2.21. The van der Waals surface area contributed by atoms with E-state index in [1.807, 2.05) is 55.6 Å². The molecule has 3 heteroatoms. The average Bonchev–Trinajstić information content (AvgIpc) is 2.46. The van der Waals surface area contributed by atoms with Crippen molar-refractivity contribution in [1.29, 1.82) is 0 Å². The van der Waals surface area contributed by atoms with Gasteiger partial charge in [-0.3, -0.25) is 4.79 Å². The second kappa shape index (κ2) is 5.89. The molecule has 0 aliphatic heterocycles. The number of carbonyl (C=O) groups excluding carboxylic acids is 1. The lowest BCUT2D eigenvalue weighted by molar-refractivity contribution is 0.112. The molecule has 0 radical (unpaired) electrons. The molecule has 0 saturated heterocycles. The van der Waals surface area contributed by atoms with E-state index >= 15 is 0 Å². The standard InChI is InChI=1S/C16H16ClNO/c1-12(14-5-7-15(17)8-6-14)18(2)16-9-3-13(11-19)4-10-16/h3-12H,1-2H3. The first-order valence-corrected chi connectivity index (χ1v) is 6.53. The summed E-state index contributed by atoms with van der Waals surface area (Å²) in [5.74, 6) is 0. The summed E-state index contributed by atoms with van der Waals surface area (Å²) in [4.78, 5) is 12.8. The fraction of sp³-hybridized carbons (Fsp3) is 0.188. The van der Waals surface area contributed by atoms with E-state index in [0.29, 0.717) is 5.56 Å². The Hall–Kier alpha value is -1.80. The molecule has 0 aliphatic rings. The van der Waals surface area contributed by atoms with Gasteiger partial charge < -0.3 is 4.90 Å². The normalized spacial score (nSPS) is 11.9. The van der Waals surface area contributed by atoms with E-state index in [9.17, 15) is 4.79 Å². The Morgan fingerprint density at radius 2 is 1.63 bits per heavy atom. The number of aldehydes is 1. The molecule has 1 unspecified atom stereocenters. The van der Waals surface area contributed by atoms with Gasteiger partial charge in [0.2, 0.25) is 0 Å². The van der Waals surface area contributed by atoms with E-state index < -0.39 is 0 Å².